The van der Waals surface area contributed by atoms with Crippen LogP contribution in [0.15, 0.2) is 146 Å². The summed E-state index contributed by atoms with van der Waals surface area (Å²) in [6.45, 7) is 7.92. The molecule has 0 amide bonds. The Kier molecular flexibility index (Phi) is 14.3. The topological polar surface area (TPSA) is 0 Å². The van der Waals surface area contributed by atoms with Crippen LogP contribution in [0, 0.1) is 0 Å². The molecule has 4 rings (SSSR count). The molecule has 4 aromatic carbocycles. The van der Waals surface area contributed by atoms with Gasteiger partial charge in [-0.05, 0) is 48.5 Å². The molecule has 0 N–H and O–H groups in total. The number of hydrogen-bond donors (Lipinski definition) is 0. The van der Waals surface area contributed by atoms with Gasteiger partial charge in [-0.1, -0.05) is 86.0 Å². The molecule has 0 unspecified atom stereocenters. The van der Waals surface area contributed by atoms with Crippen LogP contribution in [0.1, 0.15) is 0 Å². The second kappa shape index (κ2) is 17.0. The van der Waals surface area contributed by atoms with E-state index in [1.165, 1.54) is 21.2 Å². The third-order valence-electron chi connectivity index (χ3n) is 4.75. The van der Waals surface area contributed by atoms with Crippen molar-refractivity contribution in [2.24, 2.45) is 0 Å². The second-order valence-corrected chi connectivity index (χ2v) is 13.9. The third kappa shape index (κ3) is 9.69. The number of benzene rings is 4. The Morgan fingerprint density at radius 3 is 0.788 bits per heavy atom. The summed E-state index contributed by atoms with van der Waals surface area (Å²) >= 11 is -0.106. The van der Waals surface area contributed by atoms with Crippen LogP contribution in [0.2, 0.25) is 0 Å². The number of halogens is 2. The van der Waals surface area contributed by atoms with Gasteiger partial charge in [0.15, 0.2) is 0 Å². The van der Waals surface area contributed by atoms with Crippen molar-refractivity contribution >= 4 is 56.1 Å². The van der Waals surface area contributed by atoms with E-state index in [-0.39, 0.29) is 15.9 Å². The monoisotopic (exact) mass is 602 g/mol. The molecule has 172 valence electrons. The van der Waals surface area contributed by atoms with Gasteiger partial charge in [-0.2, -0.15) is 0 Å². The molecule has 4 aromatic rings. The molecule has 0 atom stereocenters. The Bertz CT molecular complexity index is 880. The van der Waals surface area contributed by atoms with E-state index in [0.29, 0.717) is 0 Å². The van der Waals surface area contributed by atoms with E-state index in [4.69, 9.17) is 19.1 Å². The zero-order valence-electron chi connectivity index (χ0n) is 18.2. The first-order chi connectivity index (χ1) is 16.2. The molecule has 0 saturated heterocycles. The maximum atomic E-state index is 4.81. The zero-order chi connectivity index (χ0) is 23.7. The van der Waals surface area contributed by atoms with E-state index in [1.54, 1.807) is 0 Å². The first-order valence-electron chi connectivity index (χ1n) is 10.3. The predicted molar refractivity (Wildman–Crippen MR) is 153 cm³/mol. The fourth-order valence-corrected chi connectivity index (χ4v) is 7.09. The Hall–Kier alpha value is -1.54. The van der Waals surface area contributed by atoms with Crippen molar-refractivity contribution in [3.05, 3.63) is 146 Å². The van der Waals surface area contributed by atoms with E-state index < -0.39 is 15.8 Å². The van der Waals surface area contributed by atoms with E-state index in [0.717, 1.165) is 0 Å². The molecule has 5 heteroatoms. The Labute approximate surface area is 217 Å². The van der Waals surface area contributed by atoms with Gasteiger partial charge in [0.1, 0.15) is 21.2 Å². The van der Waals surface area contributed by atoms with Gasteiger partial charge in [0.2, 0.25) is 0 Å². The SMILES string of the molecule is C=C[PH+](c1ccccc1)c1ccccc1.C=C[PH+](c1ccccc1)c1ccccc1.[Cl][Pd][Cl]. The summed E-state index contributed by atoms with van der Waals surface area (Å²) in [4.78, 5) is 0. The molecule has 0 heterocycles. The van der Waals surface area contributed by atoms with Crippen LogP contribution < -0.4 is 21.2 Å². The predicted octanol–water partition coefficient (Wildman–Crippen LogP) is 7.37. The van der Waals surface area contributed by atoms with Gasteiger partial charge in [0.05, 0.1) is 27.5 Å². The molecule has 33 heavy (non-hydrogen) atoms. The number of rotatable bonds is 6. The van der Waals surface area contributed by atoms with Gasteiger partial charge in [-0.3, -0.25) is 0 Å². The maximum absolute atomic E-state index is 4.81. The summed E-state index contributed by atoms with van der Waals surface area (Å²) in [5, 5.41) is 5.57. The standard InChI is InChI=1S/2C14H13P.2ClH.Pd/c2*1-2-15(13-9-5-3-6-10-13)14-11-7-4-8-12-14;;;/h2*2-12H,1H2;2*1H;/q;;;;+2. The van der Waals surface area contributed by atoms with Crippen molar-refractivity contribution in [2.75, 3.05) is 0 Å². The van der Waals surface area contributed by atoms with Gasteiger partial charge < -0.3 is 0 Å². The average molecular weight is 604 g/mol. The molecular formula is C28H28Cl2P2Pd+2. The van der Waals surface area contributed by atoms with Crippen LogP contribution in [-0.2, 0) is 15.9 Å². The third-order valence-corrected chi connectivity index (χ3v) is 9.39. The molecule has 0 saturated carbocycles. The van der Waals surface area contributed by atoms with Crippen LogP contribution in [0.25, 0.3) is 0 Å². The molecule has 0 aliphatic rings. The zero-order valence-corrected chi connectivity index (χ0v) is 23.3. The molecule has 0 nitrogen and oxygen atoms in total. The second-order valence-electron chi connectivity index (χ2n) is 6.74. The summed E-state index contributed by atoms with van der Waals surface area (Å²) in [5.41, 5.74) is 0. The fourth-order valence-electron chi connectivity index (χ4n) is 3.28. The first-order valence-corrected chi connectivity index (χ1v) is 17.4. The minimum absolute atomic E-state index is 0.106. The summed E-state index contributed by atoms with van der Waals surface area (Å²) in [6, 6.07) is 42.4. The Morgan fingerprint density at radius 1 is 0.455 bits per heavy atom. The van der Waals surface area contributed by atoms with Crippen molar-refractivity contribution in [1.29, 1.82) is 0 Å². The Morgan fingerprint density at radius 2 is 0.636 bits per heavy atom. The van der Waals surface area contributed by atoms with E-state index >= 15 is 0 Å². The summed E-state index contributed by atoms with van der Waals surface area (Å²) in [5.74, 6) is 4.19. The van der Waals surface area contributed by atoms with Gasteiger partial charge >= 0.3 is 35.0 Å². The molecule has 0 fully saturated rings. The van der Waals surface area contributed by atoms with Crippen molar-refractivity contribution in [3.63, 3.8) is 0 Å². The van der Waals surface area contributed by atoms with E-state index in [1.807, 2.05) is 0 Å². The summed E-state index contributed by atoms with van der Waals surface area (Å²) in [6.07, 6.45) is 0. The van der Waals surface area contributed by atoms with Crippen molar-refractivity contribution < 1.29 is 15.9 Å². The summed E-state index contributed by atoms with van der Waals surface area (Å²) in [7, 11) is 8.08. The van der Waals surface area contributed by atoms with Crippen molar-refractivity contribution in [1.82, 2.24) is 0 Å². The quantitative estimate of drug-likeness (QED) is 0.160. The summed E-state index contributed by atoms with van der Waals surface area (Å²) < 4.78 is 0. The van der Waals surface area contributed by atoms with Gasteiger partial charge in [-0.15, -0.1) is 0 Å². The normalized spacial score (nSPS) is 9.94. The molecule has 0 aromatic heterocycles. The van der Waals surface area contributed by atoms with Gasteiger partial charge in [0.25, 0.3) is 0 Å². The molecule has 0 aliphatic carbocycles. The van der Waals surface area contributed by atoms with Gasteiger partial charge in [-0.25, -0.2) is 0 Å². The molecule has 0 bridgehead atoms. The van der Waals surface area contributed by atoms with Gasteiger partial charge in [0, 0.05) is 0 Å². The first kappa shape index (κ1) is 27.7. The minimum atomic E-state index is -0.775. The Balaban J connectivity index is 0.000000209. The van der Waals surface area contributed by atoms with Crippen LogP contribution in [0.3, 0.4) is 0 Å². The van der Waals surface area contributed by atoms with Crippen LogP contribution in [-0.4, -0.2) is 0 Å². The van der Waals surface area contributed by atoms with E-state index in [2.05, 4.69) is 146 Å². The molecule has 0 spiro atoms. The van der Waals surface area contributed by atoms with Crippen molar-refractivity contribution in [2.45, 2.75) is 0 Å². The van der Waals surface area contributed by atoms with Crippen LogP contribution in [0.5, 0.6) is 0 Å². The fraction of sp³-hybridized carbons (Fsp3) is 0. The van der Waals surface area contributed by atoms with Crippen molar-refractivity contribution in [3.8, 4) is 0 Å². The number of hydrogen-bond acceptors (Lipinski definition) is 0. The average Bonchev–Trinajstić information content (AvgIpc) is 2.89. The molecule has 0 radical (unpaired) electrons. The van der Waals surface area contributed by atoms with Crippen LogP contribution >= 0.6 is 34.9 Å². The molecular weight excluding hydrogens is 576 g/mol. The van der Waals surface area contributed by atoms with Crippen LogP contribution in [0.4, 0.5) is 0 Å². The molecule has 0 aliphatic heterocycles. The van der Waals surface area contributed by atoms with E-state index in [9.17, 15) is 0 Å².